The number of ether oxygens (including phenoxy) is 1. The molecule has 1 aromatic heterocycles. The highest BCUT2D eigenvalue weighted by atomic mass is 16.5. The van der Waals surface area contributed by atoms with Crippen LogP contribution in [0.1, 0.15) is 24.7 Å². The molecule has 0 bridgehead atoms. The summed E-state index contributed by atoms with van der Waals surface area (Å²) < 4.78 is 5.52. The normalized spacial score (nSPS) is 35.4. The Balaban J connectivity index is 2.05. The molecule has 15 heavy (non-hydrogen) atoms. The highest BCUT2D eigenvalue weighted by Gasteiger charge is 2.44. The third kappa shape index (κ3) is 1.25. The summed E-state index contributed by atoms with van der Waals surface area (Å²) in [6.45, 7) is 4.96. The van der Waals surface area contributed by atoms with E-state index in [4.69, 9.17) is 4.74 Å². The van der Waals surface area contributed by atoms with Gasteiger partial charge in [-0.2, -0.15) is 0 Å². The Morgan fingerprint density at radius 3 is 3.40 bits per heavy atom. The van der Waals surface area contributed by atoms with E-state index < -0.39 is 0 Å². The second kappa shape index (κ2) is 3.32. The number of aromatic nitrogens is 2. The first kappa shape index (κ1) is 9.36. The van der Waals surface area contributed by atoms with Crippen LogP contribution in [0.3, 0.4) is 0 Å². The standard InChI is InChI=1S/C11H17N3O/c1-8-6-15-5-3-11(8)10-9(2-4-14-11)12-7-13-10/h7-8,14H,2-6H2,1H3,(H,12,13). The van der Waals surface area contributed by atoms with Crippen molar-refractivity contribution in [1.29, 1.82) is 0 Å². The minimum Gasteiger partial charge on any atom is -0.381 e. The van der Waals surface area contributed by atoms with E-state index in [1.165, 1.54) is 11.4 Å². The SMILES string of the molecule is CC1COCCC12NCCc1[nH]cnc12. The molecule has 2 aliphatic rings. The Kier molecular flexibility index (Phi) is 2.07. The topological polar surface area (TPSA) is 49.9 Å². The van der Waals surface area contributed by atoms with Crippen molar-refractivity contribution in [2.75, 3.05) is 19.8 Å². The molecule has 4 nitrogen and oxygen atoms in total. The molecule has 2 unspecified atom stereocenters. The second-order valence-corrected chi connectivity index (χ2v) is 4.60. The summed E-state index contributed by atoms with van der Waals surface area (Å²) in [4.78, 5) is 7.77. The highest BCUT2D eigenvalue weighted by Crippen LogP contribution is 2.38. The van der Waals surface area contributed by atoms with Gasteiger partial charge in [0.05, 0.1) is 24.2 Å². The average Bonchev–Trinajstić information content (AvgIpc) is 2.72. The highest BCUT2D eigenvalue weighted by molar-refractivity contribution is 5.26. The molecule has 4 heteroatoms. The minimum absolute atomic E-state index is 0.0613. The van der Waals surface area contributed by atoms with Gasteiger partial charge in [0.25, 0.3) is 0 Å². The number of nitrogens with zero attached hydrogens (tertiary/aromatic N) is 1. The number of hydrogen-bond donors (Lipinski definition) is 2. The van der Waals surface area contributed by atoms with Crippen molar-refractivity contribution in [3.05, 3.63) is 17.7 Å². The molecular formula is C11H17N3O. The Hall–Kier alpha value is -0.870. The van der Waals surface area contributed by atoms with Crippen molar-refractivity contribution in [2.24, 2.45) is 5.92 Å². The van der Waals surface area contributed by atoms with E-state index in [2.05, 4.69) is 22.2 Å². The molecule has 0 saturated carbocycles. The van der Waals surface area contributed by atoms with Crippen LogP contribution in [0.2, 0.25) is 0 Å². The summed E-state index contributed by atoms with van der Waals surface area (Å²) >= 11 is 0. The van der Waals surface area contributed by atoms with E-state index >= 15 is 0 Å². The summed E-state index contributed by atoms with van der Waals surface area (Å²) in [6, 6.07) is 0. The zero-order valence-electron chi connectivity index (χ0n) is 9.05. The van der Waals surface area contributed by atoms with Crippen LogP contribution in [0.15, 0.2) is 6.33 Å². The zero-order valence-corrected chi connectivity index (χ0v) is 9.05. The maximum absolute atomic E-state index is 5.52. The monoisotopic (exact) mass is 207 g/mol. The Labute approximate surface area is 89.4 Å². The lowest BCUT2D eigenvalue weighted by atomic mass is 9.75. The van der Waals surface area contributed by atoms with Crippen LogP contribution in [0.25, 0.3) is 0 Å². The zero-order chi connectivity index (χ0) is 10.3. The lowest BCUT2D eigenvalue weighted by Gasteiger charge is -2.44. The summed E-state index contributed by atoms with van der Waals surface area (Å²) in [5.74, 6) is 0.494. The van der Waals surface area contributed by atoms with Gasteiger partial charge >= 0.3 is 0 Å². The van der Waals surface area contributed by atoms with Gasteiger partial charge in [-0.25, -0.2) is 4.98 Å². The predicted octanol–water partition coefficient (Wildman–Crippen LogP) is 0.807. The van der Waals surface area contributed by atoms with Crippen molar-refractivity contribution >= 4 is 0 Å². The molecule has 2 N–H and O–H groups in total. The van der Waals surface area contributed by atoms with Crippen LogP contribution >= 0.6 is 0 Å². The number of aromatic amines is 1. The molecule has 2 atom stereocenters. The van der Waals surface area contributed by atoms with Crippen LogP contribution in [0, 0.1) is 5.92 Å². The maximum atomic E-state index is 5.52. The van der Waals surface area contributed by atoms with E-state index in [1.54, 1.807) is 0 Å². The molecule has 1 aromatic rings. The van der Waals surface area contributed by atoms with Gasteiger partial charge in [0.2, 0.25) is 0 Å². The van der Waals surface area contributed by atoms with Gasteiger partial charge in [0.1, 0.15) is 0 Å². The molecule has 0 aliphatic carbocycles. The number of H-pyrrole nitrogens is 1. The molecule has 1 spiro atoms. The summed E-state index contributed by atoms with van der Waals surface area (Å²) in [5.41, 5.74) is 2.60. The minimum atomic E-state index is 0.0613. The fraction of sp³-hybridized carbons (Fsp3) is 0.727. The molecule has 2 aliphatic heterocycles. The number of rotatable bonds is 0. The van der Waals surface area contributed by atoms with Gasteiger partial charge in [0, 0.05) is 31.2 Å². The van der Waals surface area contributed by atoms with Gasteiger partial charge in [0.15, 0.2) is 0 Å². The molecule has 3 heterocycles. The number of hydrogen-bond acceptors (Lipinski definition) is 3. The summed E-state index contributed by atoms with van der Waals surface area (Å²) in [7, 11) is 0. The Morgan fingerprint density at radius 1 is 1.60 bits per heavy atom. The molecule has 82 valence electrons. The molecule has 0 aromatic carbocycles. The van der Waals surface area contributed by atoms with Gasteiger partial charge in [-0.3, -0.25) is 0 Å². The van der Waals surface area contributed by atoms with Crippen LogP contribution in [0.5, 0.6) is 0 Å². The van der Waals surface area contributed by atoms with E-state index in [9.17, 15) is 0 Å². The largest absolute Gasteiger partial charge is 0.381 e. The molecule has 1 saturated heterocycles. The lowest BCUT2D eigenvalue weighted by Crippen LogP contribution is -2.55. The van der Waals surface area contributed by atoms with Gasteiger partial charge in [-0.1, -0.05) is 6.92 Å². The molecule has 3 rings (SSSR count). The first-order chi connectivity index (χ1) is 7.33. The molecule has 0 radical (unpaired) electrons. The average molecular weight is 207 g/mol. The van der Waals surface area contributed by atoms with Gasteiger partial charge in [-0.05, 0) is 6.42 Å². The predicted molar refractivity (Wildman–Crippen MR) is 56.6 cm³/mol. The van der Waals surface area contributed by atoms with E-state index in [0.29, 0.717) is 5.92 Å². The van der Waals surface area contributed by atoms with E-state index in [1.807, 2.05) is 6.33 Å². The van der Waals surface area contributed by atoms with Crippen molar-refractivity contribution in [3.8, 4) is 0 Å². The van der Waals surface area contributed by atoms with Crippen molar-refractivity contribution in [2.45, 2.75) is 25.3 Å². The Morgan fingerprint density at radius 2 is 2.53 bits per heavy atom. The third-order valence-corrected chi connectivity index (χ3v) is 3.81. The quantitative estimate of drug-likeness (QED) is 0.662. The molecule has 1 fully saturated rings. The maximum Gasteiger partial charge on any atom is 0.0926 e. The first-order valence-corrected chi connectivity index (χ1v) is 5.68. The van der Waals surface area contributed by atoms with Gasteiger partial charge < -0.3 is 15.0 Å². The smallest absolute Gasteiger partial charge is 0.0926 e. The number of imidazole rings is 1. The second-order valence-electron chi connectivity index (χ2n) is 4.60. The third-order valence-electron chi connectivity index (χ3n) is 3.81. The van der Waals surface area contributed by atoms with E-state index in [-0.39, 0.29) is 5.54 Å². The fourth-order valence-corrected chi connectivity index (χ4v) is 2.89. The van der Waals surface area contributed by atoms with Crippen LogP contribution in [0.4, 0.5) is 0 Å². The van der Waals surface area contributed by atoms with E-state index in [0.717, 1.165) is 32.6 Å². The van der Waals surface area contributed by atoms with Crippen LogP contribution in [-0.4, -0.2) is 29.7 Å². The molecular weight excluding hydrogens is 190 g/mol. The lowest BCUT2D eigenvalue weighted by molar-refractivity contribution is -0.0135. The number of fused-ring (bicyclic) bond motifs is 2. The van der Waals surface area contributed by atoms with Crippen LogP contribution in [-0.2, 0) is 16.7 Å². The summed E-state index contributed by atoms with van der Waals surface area (Å²) in [5, 5.41) is 3.66. The van der Waals surface area contributed by atoms with Crippen LogP contribution < -0.4 is 5.32 Å². The number of nitrogens with one attached hydrogen (secondary N) is 2. The van der Waals surface area contributed by atoms with Gasteiger partial charge in [-0.15, -0.1) is 0 Å². The van der Waals surface area contributed by atoms with Crippen molar-refractivity contribution in [1.82, 2.24) is 15.3 Å². The van der Waals surface area contributed by atoms with Crippen molar-refractivity contribution < 1.29 is 4.74 Å². The summed E-state index contributed by atoms with van der Waals surface area (Å²) in [6.07, 6.45) is 3.91. The Bertz CT molecular complexity index is 362. The van der Waals surface area contributed by atoms with Crippen molar-refractivity contribution in [3.63, 3.8) is 0 Å². The molecule has 0 amide bonds. The first-order valence-electron chi connectivity index (χ1n) is 5.68. The fourth-order valence-electron chi connectivity index (χ4n) is 2.89.